The zero-order valence-corrected chi connectivity index (χ0v) is 15.6. The van der Waals surface area contributed by atoms with Gasteiger partial charge in [-0.3, -0.25) is 4.79 Å². The van der Waals surface area contributed by atoms with Crippen LogP contribution in [0, 0.1) is 0 Å². The van der Waals surface area contributed by atoms with Crippen LogP contribution in [0.25, 0.3) is 0 Å². The largest absolute Gasteiger partial charge is 0.346 e. The number of carbonyl (C=O) groups excluding carboxylic acids is 1. The minimum Gasteiger partial charge on any atom is -0.346 e. The van der Waals surface area contributed by atoms with Crippen molar-refractivity contribution in [2.75, 3.05) is 32.7 Å². The van der Waals surface area contributed by atoms with Gasteiger partial charge in [0.1, 0.15) is 6.04 Å². The van der Waals surface area contributed by atoms with Crippen molar-refractivity contribution in [1.29, 1.82) is 0 Å². The van der Waals surface area contributed by atoms with E-state index >= 15 is 0 Å². The number of nitrogens with zero attached hydrogens (tertiary/aromatic N) is 1. The Kier molecular flexibility index (Phi) is 5.76. The standard InChI is InChI=1S/C18H27N3O3S/c1-2-20-11-5-6-16(20)14-19-18(22)15-7-9-17(10-8-15)25(23,24)21-12-3-4-13-21/h7-10,16H,2-6,11-14H2,1H3,(H,19,22)/p+1/t16-/m1/s1. The summed E-state index contributed by atoms with van der Waals surface area (Å²) in [5.74, 6) is -0.132. The highest BCUT2D eigenvalue weighted by molar-refractivity contribution is 7.89. The zero-order chi connectivity index (χ0) is 17.9. The Morgan fingerprint density at radius 1 is 1.20 bits per heavy atom. The van der Waals surface area contributed by atoms with E-state index in [4.69, 9.17) is 0 Å². The summed E-state index contributed by atoms with van der Waals surface area (Å²) in [7, 11) is -3.42. The number of carbonyl (C=O) groups is 1. The number of hydrogen-bond acceptors (Lipinski definition) is 3. The third kappa shape index (κ3) is 4.04. The number of hydrogen-bond donors (Lipinski definition) is 2. The molecule has 1 aromatic rings. The quantitative estimate of drug-likeness (QED) is 0.759. The molecule has 2 heterocycles. The summed E-state index contributed by atoms with van der Waals surface area (Å²) in [5.41, 5.74) is 0.511. The summed E-state index contributed by atoms with van der Waals surface area (Å²) in [6.07, 6.45) is 4.19. The van der Waals surface area contributed by atoms with Crippen molar-refractivity contribution in [3.63, 3.8) is 0 Å². The van der Waals surface area contributed by atoms with Crippen molar-refractivity contribution in [3.05, 3.63) is 29.8 Å². The first-order valence-electron chi connectivity index (χ1n) is 9.25. The molecular weight excluding hydrogens is 338 g/mol. The van der Waals surface area contributed by atoms with Gasteiger partial charge in [0, 0.05) is 31.5 Å². The second kappa shape index (κ2) is 7.85. The van der Waals surface area contributed by atoms with Crippen LogP contribution in [0.15, 0.2) is 29.2 Å². The van der Waals surface area contributed by atoms with Crippen LogP contribution in [-0.4, -0.2) is 57.4 Å². The summed E-state index contributed by atoms with van der Waals surface area (Å²) in [5, 5.41) is 3.00. The fourth-order valence-electron chi connectivity index (χ4n) is 3.87. The second-order valence-electron chi connectivity index (χ2n) is 6.95. The average molecular weight is 367 g/mol. The molecule has 0 saturated carbocycles. The van der Waals surface area contributed by atoms with E-state index in [-0.39, 0.29) is 10.8 Å². The maximum absolute atomic E-state index is 12.5. The van der Waals surface area contributed by atoms with Gasteiger partial charge in [0.25, 0.3) is 5.91 Å². The van der Waals surface area contributed by atoms with E-state index < -0.39 is 10.0 Å². The van der Waals surface area contributed by atoms with Gasteiger partial charge < -0.3 is 10.2 Å². The lowest BCUT2D eigenvalue weighted by molar-refractivity contribution is -0.909. The number of likely N-dealkylation sites (tertiary alicyclic amines) is 1. The van der Waals surface area contributed by atoms with E-state index in [0.29, 0.717) is 31.2 Å². The number of rotatable bonds is 6. The van der Waals surface area contributed by atoms with Crippen LogP contribution in [0.2, 0.25) is 0 Å². The van der Waals surface area contributed by atoms with Crippen LogP contribution in [0.3, 0.4) is 0 Å². The highest BCUT2D eigenvalue weighted by Gasteiger charge is 2.28. The first-order valence-corrected chi connectivity index (χ1v) is 10.7. The Morgan fingerprint density at radius 2 is 1.88 bits per heavy atom. The maximum atomic E-state index is 12.5. The lowest BCUT2D eigenvalue weighted by atomic mass is 10.2. The minimum absolute atomic E-state index is 0.132. The van der Waals surface area contributed by atoms with E-state index in [9.17, 15) is 13.2 Å². The topological polar surface area (TPSA) is 70.9 Å². The molecule has 7 heteroatoms. The van der Waals surface area contributed by atoms with Crippen molar-refractivity contribution in [3.8, 4) is 0 Å². The molecule has 0 spiro atoms. The highest BCUT2D eigenvalue weighted by Crippen LogP contribution is 2.21. The van der Waals surface area contributed by atoms with E-state index in [2.05, 4.69) is 12.2 Å². The molecular formula is C18H28N3O3S+. The van der Waals surface area contributed by atoms with Crippen LogP contribution in [-0.2, 0) is 10.0 Å². The lowest BCUT2D eigenvalue weighted by Gasteiger charge is -2.20. The number of sulfonamides is 1. The number of benzene rings is 1. The number of quaternary nitrogens is 1. The SMILES string of the molecule is CC[NH+]1CCC[C@@H]1CNC(=O)c1ccc(S(=O)(=O)N2CCCC2)cc1. The molecule has 2 atom stereocenters. The lowest BCUT2D eigenvalue weighted by Crippen LogP contribution is -3.14. The third-order valence-corrected chi connectivity index (χ3v) is 7.32. The monoisotopic (exact) mass is 366 g/mol. The number of likely N-dealkylation sites (N-methyl/N-ethyl adjacent to an activating group) is 1. The molecule has 3 rings (SSSR count). The Bertz CT molecular complexity index is 697. The molecule has 0 aromatic heterocycles. The van der Waals surface area contributed by atoms with Gasteiger partial charge in [-0.2, -0.15) is 4.31 Å². The van der Waals surface area contributed by atoms with Gasteiger partial charge in [-0.15, -0.1) is 0 Å². The molecule has 6 nitrogen and oxygen atoms in total. The fraction of sp³-hybridized carbons (Fsp3) is 0.611. The maximum Gasteiger partial charge on any atom is 0.251 e. The van der Waals surface area contributed by atoms with Crippen LogP contribution < -0.4 is 10.2 Å². The molecule has 2 N–H and O–H groups in total. The molecule has 0 bridgehead atoms. The van der Waals surface area contributed by atoms with Crippen LogP contribution in [0.4, 0.5) is 0 Å². The summed E-state index contributed by atoms with van der Waals surface area (Å²) in [6.45, 7) is 6.29. The highest BCUT2D eigenvalue weighted by atomic mass is 32.2. The van der Waals surface area contributed by atoms with Gasteiger partial charge in [0.15, 0.2) is 0 Å². The van der Waals surface area contributed by atoms with Crippen LogP contribution in [0.5, 0.6) is 0 Å². The summed E-state index contributed by atoms with van der Waals surface area (Å²) >= 11 is 0. The van der Waals surface area contributed by atoms with E-state index in [1.54, 1.807) is 29.2 Å². The van der Waals surface area contributed by atoms with Crippen molar-refractivity contribution >= 4 is 15.9 Å². The molecule has 2 aliphatic rings. The van der Waals surface area contributed by atoms with Crippen molar-refractivity contribution in [2.45, 2.75) is 43.5 Å². The predicted molar refractivity (Wildman–Crippen MR) is 96.2 cm³/mol. The van der Waals surface area contributed by atoms with Crippen LogP contribution in [0.1, 0.15) is 43.0 Å². The molecule has 2 fully saturated rings. The molecule has 1 aromatic carbocycles. The van der Waals surface area contributed by atoms with Gasteiger partial charge in [0.2, 0.25) is 10.0 Å². The van der Waals surface area contributed by atoms with Gasteiger partial charge in [-0.05, 0) is 44.0 Å². The van der Waals surface area contributed by atoms with E-state index in [1.807, 2.05) is 0 Å². The van der Waals surface area contributed by atoms with Gasteiger partial charge >= 0.3 is 0 Å². The second-order valence-corrected chi connectivity index (χ2v) is 8.88. The normalized spacial score (nSPS) is 24.5. The van der Waals surface area contributed by atoms with Crippen molar-refractivity contribution < 1.29 is 18.1 Å². The van der Waals surface area contributed by atoms with Gasteiger partial charge in [0.05, 0.1) is 24.5 Å². The molecule has 0 aliphatic carbocycles. The smallest absolute Gasteiger partial charge is 0.251 e. The molecule has 138 valence electrons. The molecule has 1 unspecified atom stereocenters. The number of amides is 1. The van der Waals surface area contributed by atoms with Gasteiger partial charge in [-0.25, -0.2) is 8.42 Å². The summed E-state index contributed by atoms with van der Waals surface area (Å²) < 4.78 is 26.5. The van der Waals surface area contributed by atoms with Crippen molar-refractivity contribution in [2.24, 2.45) is 0 Å². The average Bonchev–Trinajstić information content (AvgIpc) is 3.31. The van der Waals surface area contributed by atoms with E-state index in [0.717, 1.165) is 25.8 Å². The first kappa shape index (κ1) is 18.4. The Labute approximate surface area is 150 Å². The first-order chi connectivity index (χ1) is 12.0. The Morgan fingerprint density at radius 3 is 2.52 bits per heavy atom. The van der Waals surface area contributed by atoms with Gasteiger partial charge in [-0.1, -0.05) is 0 Å². The third-order valence-electron chi connectivity index (χ3n) is 5.41. The molecule has 2 aliphatic heterocycles. The molecule has 25 heavy (non-hydrogen) atoms. The van der Waals surface area contributed by atoms with E-state index in [1.165, 1.54) is 17.3 Å². The Balaban J connectivity index is 1.61. The molecule has 2 saturated heterocycles. The van der Waals surface area contributed by atoms with Crippen molar-refractivity contribution in [1.82, 2.24) is 9.62 Å². The zero-order valence-electron chi connectivity index (χ0n) is 14.8. The summed E-state index contributed by atoms with van der Waals surface area (Å²) in [6, 6.07) is 6.79. The predicted octanol–water partition coefficient (Wildman–Crippen LogP) is 0.268. The molecule has 1 amide bonds. The molecule has 0 radical (unpaired) electrons. The van der Waals surface area contributed by atoms with Crippen LogP contribution >= 0.6 is 0 Å². The number of nitrogens with one attached hydrogen (secondary N) is 2. The summed E-state index contributed by atoms with van der Waals surface area (Å²) in [4.78, 5) is 14.1. The minimum atomic E-state index is -3.42. The Hall–Kier alpha value is -1.44. The fourth-order valence-corrected chi connectivity index (χ4v) is 5.39.